The van der Waals surface area contributed by atoms with Crippen molar-refractivity contribution in [1.82, 2.24) is 9.97 Å². The SMILES string of the molecule is Cc1cncc(Oc2cnc3c(c2Cc2ccc(Cl)cc2)C(=O)[N+](C)(CCCOC=O)C(=O)N3)c1. The van der Waals surface area contributed by atoms with Gasteiger partial charge in [-0.05, 0) is 36.2 Å². The van der Waals surface area contributed by atoms with Gasteiger partial charge in [0.2, 0.25) is 0 Å². The van der Waals surface area contributed by atoms with Crippen LogP contribution in [0.15, 0.2) is 48.9 Å². The molecule has 0 saturated carbocycles. The van der Waals surface area contributed by atoms with Gasteiger partial charge >= 0.3 is 11.9 Å². The van der Waals surface area contributed by atoms with Crippen molar-refractivity contribution in [3.05, 3.63) is 76.2 Å². The molecule has 35 heavy (non-hydrogen) atoms. The highest BCUT2D eigenvalue weighted by Gasteiger charge is 2.48. The zero-order valence-corrected chi connectivity index (χ0v) is 20.0. The van der Waals surface area contributed by atoms with E-state index in [0.29, 0.717) is 41.4 Å². The lowest BCUT2D eigenvalue weighted by Gasteiger charge is -2.33. The van der Waals surface area contributed by atoms with Crippen LogP contribution < -0.4 is 10.1 Å². The zero-order valence-electron chi connectivity index (χ0n) is 19.3. The molecule has 3 amide bonds. The molecule has 0 spiro atoms. The number of urea groups is 1. The Balaban J connectivity index is 1.78. The molecular weight excluding hydrogens is 472 g/mol. The number of benzene rings is 1. The average Bonchev–Trinajstić information content (AvgIpc) is 2.83. The minimum absolute atomic E-state index is 0.101. The number of aryl methyl sites for hydroxylation is 1. The Morgan fingerprint density at radius 1 is 1.14 bits per heavy atom. The van der Waals surface area contributed by atoms with Crippen molar-refractivity contribution in [1.29, 1.82) is 0 Å². The number of nitrogens with one attached hydrogen (secondary N) is 1. The standard InChI is InChI=1S/C25H23ClN4O5/c1-16-10-19(13-27-12-16)35-21-14-28-23-22(20(21)11-17-4-6-18(26)7-5-17)24(32)30(2,25(33)29-23)8-3-9-34-15-31/h4-7,10,12-15H,3,8-9,11H2,1-2H3/p+1. The summed E-state index contributed by atoms with van der Waals surface area (Å²) in [7, 11) is 1.53. The van der Waals surface area contributed by atoms with Crippen LogP contribution in [0.5, 0.6) is 11.5 Å². The molecule has 1 atom stereocenters. The predicted octanol–water partition coefficient (Wildman–Crippen LogP) is 4.52. The van der Waals surface area contributed by atoms with E-state index in [0.717, 1.165) is 11.1 Å². The molecule has 0 radical (unpaired) electrons. The summed E-state index contributed by atoms with van der Waals surface area (Å²) in [6.07, 6.45) is 5.45. The fraction of sp³-hybridized carbons (Fsp3) is 0.240. The van der Waals surface area contributed by atoms with Crippen LogP contribution in [0.25, 0.3) is 0 Å². The van der Waals surface area contributed by atoms with Gasteiger partial charge in [0.05, 0.1) is 32.6 Å². The maximum absolute atomic E-state index is 13.8. The number of carbonyl (C=O) groups excluding carboxylic acids is 3. The summed E-state index contributed by atoms with van der Waals surface area (Å²) in [5.41, 5.74) is 2.67. The zero-order chi connectivity index (χ0) is 25.0. The Hall–Kier alpha value is -3.82. The van der Waals surface area contributed by atoms with Crippen LogP contribution in [0.1, 0.15) is 33.5 Å². The second-order valence-corrected chi connectivity index (χ2v) is 8.84. The predicted molar refractivity (Wildman–Crippen MR) is 129 cm³/mol. The molecule has 3 heterocycles. The second kappa shape index (κ2) is 10.2. The van der Waals surface area contributed by atoms with E-state index in [1.54, 1.807) is 24.5 Å². The summed E-state index contributed by atoms with van der Waals surface area (Å²) in [6.45, 7) is 2.48. The van der Waals surface area contributed by atoms with E-state index < -0.39 is 16.4 Å². The number of fused-ring (bicyclic) bond motifs is 1. The smallest absolute Gasteiger partial charge is 0.429 e. The minimum atomic E-state index is -0.542. The van der Waals surface area contributed by atoms with Gasteiger partial charge in [-0.15, -0.1) is 0 Å². The van der Waals surface area contributed by atoms with Crippen LogP contribution in [-0.4, -0.2) is 53.1 Å². The highest BCUT2D eigenvalue weighted by atomic mass is 35.5. The van der Waals surface area contributed by atoms with Crippen molar-refractivity contribution < 1.29 is 28.3 Å². The lowest BCUT2D eigenvalue weighted by molar-refractivity contribution is -0.743. The van der Waals surface area contributed by atoms with Crippen molar-refractivity contribution in [3.8, 4) is 11.5 Å². The number of carbonyl (C=O) groups is 3. The molecule has 0 aliphatic carbocycles. The van der Waals surface area contributed by atoms with Crippen molar-refractivity contribution in [2.75, 3.05) is 25.5 Å². The van der Waals surface area contributed by atoms with Gasteiger partial charge in [-0.1, -0.05) is 23.7 Å². The molecule has 2 aromatic heterocycles. The lowest BCUT2D eigenvalue weighted by atomic mass is 9.97. The molecular formula is C25H24ClN4O5+. The van der Waals surface area contributed by atoms with E-state index in [1.807, 2.05) is 25.1 Å². The Morgan fingerprint density at radius 2 is 1.91 bits per heavy atom. The Kier molecular flexibility index (Phi) is 7.09. The van der Waals surface area contributed by atoms with Gasteiger partial charge in [0.15, 0.2) is 5.82 Å². The first-order valence-electron chi connectivity index (χ1n) is 10.9. The van der Waals surface area contributed by atoms with Crippen LogP contribution in [0.2, 0.25) is 5.02 Å². The number of aromatic nitrogens is 2. The summed E-state index contributed by atoms with van der Waals surface area (Å²) in [5, 5.41) is 3.35. The minimum Gasteiger partial charge on any atom is -0.468 e. The summed E-state index contributed by atoms with van der Waals surface area (Å²) >= 11 is 6.05. The van der Waals surface area contributed by atoms with E-state index in [4.69, 9.17) is 21.1 Å². The van der Waals surface area contributed by atoms with Gasteiger partial charge in [0.1, 0.15) is 17.1 Å². The number of pyridine rings is 2. The second-order valence-electron chi connectivity index (χ2n) is 8.40. The van der Waals surface area contributed by atoms with E-state index in [1.165, 1.54) is 13.2 Å². The maximum atomic E-state index is 13.8. The summed E-state index contributed by atoms with van der Waals surface area (Å²) in [4.78, 5) is 45.7. The third-order valence-electron chi connectivity index (χ3n) is 5.79. The number of halogens is 1. The molecule has 0 saturated heterocycles. The molecule has 1 unspecified atom stereocenters. The summed E-state index contributed by atoms with van der Waals surface area (Å²) in [6, 6.07) is 8.59. The topological polar surface area (TPSA) is 107 Å². The number of amides is 3. The van der Waals surface area contributed by atoms with Gasteiger partial charge < -0.3 is 9.47 Å². The average molecular weight is 496 g/mol. The number of ether oxygens (including phenoxy) is 2. The molecule has 180 valence electrons. The number of hydrogen-bond acceptors (Lipinski definition) is 7. The summed E-state index contributed by atoms with van der Waals surface area (Å²) in [5.74, 6) is 0.642. The number of rotatable bonds is 9. The van der Waals surface area contributed by atoms with Crippen LogP contribution >= 0.6 is 11.6 Å². The Bertz CT molecular complexity index is 1280. The van der Waals surface area contributed by atoms with Crippen molar-refractivity contribution in [2.24, 2.45) is 0 Å². The highest BCUT2D eigenvalue weighted by molar-refractivity contribution is 6.30. The largest absolute Gasteiger partial charge is 0.468 e. The third kappa shape index (κ3) is 5.16. The fourth-order valence-electron chi connectivity index (χ4n) is 3.92. The van der Waals surface area contributed by atoms with Gasteiger partial charge in [-0.3, -0.25) is 15.1 Å². The normalized spacial score (nSPS) is 16.9. The Morgan fingerprint density at radius 3 is 2.63 bits per heavy atom. The van der Waals surface area contributed by atoms with Gasteiger partial charge in [-0.2, -0.15) is 4.48 Å². The maximum Gasteiger partial charge on any atom is 0.429 e. The van der Waals surface area contributed by atoms with Crippen molar-refractivity contribution in [3.63, 3.8) is 0 Å². The monoisotopic (exact) mass is 495 g/mol. The first kappa shape index (κ1) is 24.3. The molecule has 1 N–H and O–H groups in total. The van der Waals surface area contributed by atoms with Crippen LogP contribution in [-0.2, 0) is 16.0 Å². The molecule has 1 aliphatic rings. The first-order valence-corrected chi connectivity index (χ1v) is 11.3. The molecule has 10 heteroatoms. The first-order chi connectivity index (χ1) is 16.8. The third-order valence-corrected chi connectivity index (χ3v) is 6.04. The van der Waals surface area contributed by atoms with E-state index in [-0.39, 0.29) is 24.5 Å². The number of nitrogens with zero attached hydrogens (tertiary/aromatic N) is 3. The fourth-order valence-corrected chi connectivity index (χ4v) is 4.04. The van der Waals surface area contributed by atoms with E-state index in [2.05, 4.69) is 15.3 Å². The van der Waals surface area contributed by atoms with Crippen LogP contribution in [0.3, 0.4) is 0 Å². The van der Waals surface area contributed by atoms with Gasteiger partial charge in [0.25, 0.3) is 6.47 Å². The van der Waals surface area contributed by atoms with E-state index >= 15 is 0 Å². The van der Waals surface area contributed by atoms with Crippen LogP contribution in [0, 0.1) is 6.92 Å². The number of imide groups is 1. The van der Waals surface area contributed by atoms with Crippen molar-refractivity contribution in [2.45, 2.75) is 19.8 Å². The molecule has 1 aromatic carbocycles. The molecule has 0 fully saturated rings. The number of hydrogen-bond donors (Lipinski definition) is 1. The Labute approximate surface area is 207 Å². The number of anilines is 1. The van der Waals surface area contributed by atoms with E-state index in [9.17, 15) is 14.4 Å². The van der Waals surface area contributed by atoms with Gasteiger partial charge in [-0.25, -0.2) is 14.6 Å². The molecule has 4 rings (SSSR count). The molecule has 9 nitrogen and oxygen atoms in total. The van der Waals surface area contributed by atoms with Crippen LogP contribution in [0.4, 0.5) is 10.6 Å². The highest BCUT2D eigenvalue weighted by Crippen LogP contribution is 2.37. The quantitative estimate of drug-likeness (QED) is 0.264. The number of quaternary nitrogens is 1. The van der Waals surface area contributed by atoms with Gasteiger partial charge in [0, 0.05) is 29.6 Å². The molecule has 1 aliphatic heterocycles. The molecule has 3 aromatic rings. The molecule has 0 bridgehead atoms. The summed E-state index contributed by atoms with van der Waals surface area (Å²) < 4.78 is 10.3. The van der Waals surface area contributed by atoms with Crippen molar-refractivity contribution >= 4 is 35.8 Å². The lowest BCUT2D eigenvalue weighted by Crippen LogP contribution is -2.59.